The number of rotatable bonds is 7. The number of aliphatic hydroxyl groups is 1. The molecule has 4 N–H and O–H groups in total. The molecule has 0 aromatic heterocycles. The molecule has 4 rings (SSSR count). The maximum atomic E-state index is 13.4. The average Bonchev–Trinajstić information content (AvgIpc) is 2.83. The maximum absolute atomic E-state index is 13.4. The van der Waals surface area contributed by atoms with Gasteiger partial charge in [0.25, 0.3) is 5.91 Å². The van der Waals surface area contributed by atoms with E-state index in [2.05, 4.69) is 5.32 Å². The Morgan fingerprint density at radius 2 is 1.55 bits per heavy atom. The lowest BCUT2D eigenvalue weighted by atomic mass is 9.89. The highest BCUT2D eigenvalue weighted by Gasteiger charge is 2.22. The number of hydrogen-bond donors (Lipinski definition) is 3. The van der Waals surface area contributed by atoms with Gasteiger partial charge in [-0.15, -0.1) is 0 Å². The third kappa shape index (κ3) is 4.64. The summed E-state index contributed by atoms with van der Waals surface area (Å²) >= 11 is 0. The normalized spacial score (nSPS) is 11.8. The fourth-order valence-electron chi connectivity index (χ4n) is 4.27. The van der Waals surface area contributed by atoms with E-state index in [9.17, 15) is 14.7 Å². The first-order valence-electron chi connectivity index (χ1n) is 10.9. The van der Waals surface area contributed by atoms with E-state index in [0.29, 0.717) is 28.7 Å². The van der Waals surface area contributed by atoms with E-state index in [0.717, 1.165) is 21.9 Å². The number of carbonyl (C=O) groups excluding carboxylic acids is 2. The molecular weight excluding hydrogens is 412 g/mol. The summed E-state index contributed by atoms with van der Waals surface area (Å²) in [7, 11) is 0. The van der Waals surface area contributed by atoms with Crippen molar-refractivity contribution in [2.45, 2.75) is 19.4 Å². The van der Waals surface area contributed by atoms with Gasteiger partial charge in [-0.05, 0) is 46.4 Å². The standard InChI is InChI=1S/C28H26N2O3/c1-18-8-7-13-23(24-15-14-20-11-5-6-12-22(20)26(24)27(29)32)25(18)28(33)30-21(17-31)16-19-9-3-2-4-10-19/h2-15,21,31H,16-17H2,1H3,(H2,29,32)(H,30,33). The van der Waals surface area contributed by atoms with E-state index in [1.807, 2.05) is 91.9 Å². The van der Waals surface area contributed by atoms with Crippen molar-refractivity contribution in [3.05, 3.63) is 107 Å². The molecule has 166 valence electrons. The zero-order chi connectivity index (χ0) is 23.4. The van der Waals surface area contributed by atoms with Gasteiger partial charge in [0, 0.05) is 0 Å². The summed E-state index contributed by atoms with van der Waals surface area (Å²) in [6, 6.07) is 26.1. The fraction of sp³-hybridized carbons (Fsp3) is 0.143. The summed E-state index contributed by atoms with van der Waals surface area (Å²) in [5.74, 6) is -0.853. The molecule has 5 nitrogen and oxygen atoms in total. The topological polar surface area (TPSA) is 92.4 Å². The van der Waals surface area contributed by atoms with E-state index in [1.165, 1.54) is 0 Å². The molecule has 0 bridgehead atoms. The van der Waals surface area contributed by atoms with Gasteiger partial charge in [0.1, 0.15) is 0 Å². The Hall–Kier alpha value is -3.96. The second kappa shape index (κ2) is 9.67. The lowest BCUT2D eigenvalue weighted by molar-refractivity contribution is 0.0915. The summed E-state index contributed by atoms with van der Waals surface area (Å²) in [6.07, 6.45) is 0.507. The Bertz CT molecular complexity index is 1320. The number of nitrogens with two attached hydrogens (primary N) is 1. The van der Waals surface area contributed by atoms with Crippen LogP contribution in [0.2, 0.25) is 0 Å². The Morgan fingerprint density at radius 3 is 2.27 bits per heavy atom. The summed E-state index contributed by atoms with van der Waals surface area (Å²) in [5.41, 5.74) is 9.67. The number of benzene rings is 4. The lowest BCUT2D eigenvalue weighted by Gasteiger charge is -2.20. The van der Waals surface area contributed by atoms with Crippen LogP contribution in [0.25, 0.3) is 21.9 Å². The number of amides is 2. The Morgan fingerprint density at radius 1 is 0.848 bits per heavy atom. The van der Waals surface area contributed by atoms with Crippen LogP contribution in [0.3, 0.4) is 0 Å². The molecule has 0 aliphatic carbocycles. The van der Waals surface area contributed by atoms with Crippen molar-refractivity contribution >= 4 is 22.6 Å². The molecule has 0 saturated heterocycles. The first-order chi connectivity index (χ1) is 16.0. The molecule has 5 heteroatoms. The van der Waals surface area contributed by atoms with Crippen LogP contribution in [-0.2, 0) is 6.42 Å². The van der Waals surface area contributed by atoms with Crippen LogP contribution in [0.5, 0.6) is 0 Å². The van der Waals surface area contributed by atoms with Gasteiger partial charge < -0.3 is 16.2 Å². The maximum Gasteiger partial charge on any atom is 0.252 e. The first-order valence-corrected chi connectivity index (χ1v) is 10.9. The molecule has 0 aliphatic heterocycles. The SMILES string of the molecule is Cc1cccc(-c2ccc3ccccc3c2C(N)=O)c1C(=O)NC(CO)Cc1ccccc1. The van der Waals surface area contributed by atoms with E-state index < -0.39 is 11.9 Å². The molecule has 1 atom stereocenters. The van der Waals surface area contributed by atoms with E-state index >= 15 is 0 Å². The quantitative estimate of drug-likeness (QED) is 0.403. The van der Waals surface area contributed by atoms with Gasteiger partial charge in [0.05, 0.1) is 23.8 Å². The van der Waals surface area contributed by atoms with Crippen LogP contribution < -0.4 is 11.1 Å². The minimum Gasteiger partial charge on any atom is -0.394 e. The average molecular weight is 439 g/mol. The number of aryl methyl sites for hydroxylation is 1. The number of hydrogen-bond acceptors (Lipinski definition) is 3. The molecule has 1 unspecified atom stereocenters. The third-order valence-corrected chi connectivity index (χ3v) is 5.85. The summed E-state index contributed by atoms with van der Waals surface area (Å²) in [4.78, 5) is 25.9. The van der Waals surface area contributed by atoms with Gasteiger partial charge in [-0.25, -0.2) is 0 Å². The van der Waals surface area contributed by atoms with Gasteiger partial charge in [-0.1, -0.05) is 84.9 Å². The number of aliphatic hydroxyl groups excluding tert-OH is 1. The molecule has 0 aliphatic rings. The Kier molecular flexibility index (Phi) is 6.52. The van der Waals surface area contributed by atoms with Gasteiger partial charge >= 0.3 is 0 Å². The monoisotopic (exact) mass is 438 g/mol. The third-order valence-electron chi connectivity index (χ3n) is 5.85. The van der Waals surface area contributed by atoms with Crippen LogP contribution in [-0.4, -0.2) is 29.6 Å². The number of primary amides is 1. The smallest absolute Gasteiger partial charge is 0.252 e. The van der Waals surface area contributed by atoms with Crippen LogP contribution in [0, 0.1) is 6.92 Å². The zero-order valence-electron chi connectivity index (χ0n) is 18.4. The molecule has 0 spiro atoms. The van der Waals surface area contributed by atoms with Crippen LogP contribution >= 0.6 is 0 Å². The number of nitrogens with one attached hydrogen (secondary N) is 1. The van der Waals surface area contributed by atoms with Crippen molar-refractivity contribution in [3.63, 3.8) is 0 Å². The van der Waals surface area contributed by atoms with Crippen molar-refractivity contribution < 1.29 is 14.7 Å². The summed E-state index contributed by atoms with van der Waals surface area (Å²) in [5, 5.41) is 14.5. The van der Waals surface area contributed by atoms with Gasteiger partial charge in [-0.2, -0.15) is 0 Å². The highest BCUT2D eigenvalue weighted by Crippen LogP contribution is 2.33. The molecule has 2 amide bonds. The van der Waals surface area contributed by atoms with Crippen molar-refractivity contribution in [3.8, 4) is 11.1 Å². The summed E-state index contributed by atoms with van der Waals surface area (Å²) in [6.45, 7) is 1.67. The molecule has 4 aromatic carbocycles. The minimum absolute atomic E-state index is 0.190. The Labute approximate surface area is 192 Å². The summed E-state index contributed by atoms with van der Waals surface area (Å²) < 4.78 is 0. The van der Waals surface area contributed by atoms with Crippen molar-refractivity contribution in [2.75, 3.05) is 6.61 Å². The minimum atomic E-state index is -0.549. The molecule has 0 radical (unpaired) electrons. The van der Waals surface area contributed by atoms with E-state index in [-0.39, 0.29) is 12.5 Å². The highest BCUT2D eigenvalue weighted by atomic mass is 16.3. The van der Waals surface area contributed by atoms with Gasteiger partial charge in [-0.3, -0.25) is 9.59 Å². The van der Waals surface area contributed by atoms with Crippen LogP contribution in [0.1, 0.15) is 31.8 Å². The first kappa shape index (κ1) is 22.2. The second-order valence-corrected chi connectivity index (χ2v) is 8.11. The van der Waals surface area contributed by atoms with Crippen LogP contribution in [0.4, 0.5) is 0 Å². The highest BCUT2D eigenvalue weighted by molar-refractivity contribution is 6.14. The molecule has 0 heterocycles. The molecule has 0 fully saturated rings. The number of carbonyl (C=O) groups is 2. The van der Waals surface area contributed by atoms with Crippen molar-refractivity contribution in [1.29, 1.82) is 0 Å². The van der Waals surface area contributed by atoms with Crippen LogP contribution in [0.15, 0.2) is 84.9 Å². The van der Waals surface area contributed by atoms with E-state index in [1.54, 1.807) is 0 Å². The lowest BCUT2D eigenvalue weighted by Crippen LogP contribution is -2.39. The zero-order valence-corrected chi connectivity index (χ0v) is 18.4. The predicted molar refractivity (Wildman–Crippen MR) is 131 cm³/mol. The van der Waals surface area contributed by atoms with Gasteiger partial charge in [0.15, 0.2) is 0 Å². The fourth-order valence-corrected chi connectivity index (χ4v) is 4.27. The molecule has 33 heavy (non-hydrogen) atoms. The second-order valence-electron chi connectivity index (χ2n) is 8.11. The van der Waals surface area contributed by atoms with Crippen molar-refractivity contribution in [1.82, 2.24) is 5.32 Å². The largest absolute Gasteiger partial charge is 0.394 e. The van der Waals surface area contributed by atoms with E-state index in [4.69, 9.17) is 5.73 Å². The molecule has 0 saturated carbocycles. The molecule has 4 aromatic rings. The number of fused-ring (bicyclic) bond motifs is 1. The predicted octanol–water partition coefficient (Wildman–Crippen LogP) is 4.25. The van der Waals surface area contributed by atoms with Crippen molar-refractivity contribution in [2.24, 2.45) is 5.73 Å². The molecular formula is C28H26N2O3. The van der Waals surface area contributed by atoms with Gasteiger partial charge in [0.2, 0.25) is 5.91 Å². The Balaban J connectivity index is 1.76.